The number of aromatic nitrogens is 2. The third kappa shape index (κ3) is 4.04. The Kier molecular flexibility index (Phi) is 5.16. The number of hydrogen-bond acceptors (Lipinski definition) is 3. The molecule has 2 N–H and O–H groups in total. The summed E-state index contributed by atoms with van der Waals surface area (Å²) in [6.07, 6.45) is 3.14. The molecule has 4 aliphatic rings. The molecule has 0 spiro atoms. The molecule has 0 saturated heterocycles. The van der Waals surface area contributed by atoms with Crippen LogP contribution in [0.4, 0.5) is 13.2 Å². The topological polar surface area (TPSA) is 84.2 Å². The molecule has 5 rings (SSSR count). The van der Waals surface area contributed by atoms with Crippen LogP contribution < -0.4 is 5.32 Å². The second kappa shape index (κ2) is 7.50. The van der Waals surface area contributed by atoms with Gasteiger partial charge in [-0.1, -0.05) is 12.2 Å². The predicted molar refractivity (Wildman–Crippen MR) is 96.8 cm³/mol. The van der Waals surface area contributed by atoms with Crippen LogP contribution in [-0.4, -0.2) is 33.3 Å². The standard InChI is InChI=1S/C20H24F3N3O3/c21-20(22,23)15-10-14(11-2-3-11)26(25-15)9-1-8-24-18(27)16-12-4-6-13(7-5-12)17(16)19(28)29/h4,6,10-13,16-17H,1-3,5,7-9H2,(H,24,27)(H,28,29)/t12-,13-,16+,17+/m0/s1. The number of nitrogens with zero attached hydrogens (tertiary/aromatic N) is 2. The van der Waals surface area contributed by atoms with Crippen LogP contribution in [0.25, 0.3) is 0 Å². The van der Waals surface area contributed by atoms with Crippen LogP contribution in [0.15, 0.2) is 18.2 Å². The smallest absolute Gasteiger partial charge is 0.435 e. The highest BCUT2D eigenvalue weighted by atomic mass is 19.4. The van der Waals surface area contributed by atoms with Crippen LogP contribution >= 0.6 is 0 Å². The van der Waals surface area contributed by atoms with E-state index in [-0.39, 0.29) is 36.8 Å². The zero-order chi connectivity index (χ0) is 20.8. The maximum absolute atomic E-state index is 13.0. The largest absolute Gasteiger partial charge is 0.481 e. The molecule has 0 aliphatic heterocycles. The molecule has 0 aromatic carbocycles. The van der Waals surface area contributed by atoms with Crippen molar-refractivity contribution in [3.05, 3.63) is 29.6 Å². The first-order valence-electron chi connectivity index (χ1n) is 10.1. The van der Waals surface area contributed by atoms with Gasteiger partial charge < -0.3 is 10.4 Å². The SMILES string of the molecule is O=C(O)[C@H]1[C@H](C(=O)NCCCn2nc(C(F)(F)F)cc2C2CC2)[C@H]2C=C[C@H]1CC2. The minimum Gasteiger partial charge on any atom is -0.481 e. The molecule has 4 aliphatic carbocycles. The zero-order valence-electron chi connectivity index (χ0n) is 15.9. The molecule has 29 heavy (non-hydrogen) atoms. The number of carbonyl (C=O) groups is 2. The first-order chi connectivity index (χ1) is 13.8. The average Bonchev–Trinajstić information content (AvgIpc) is 3.43. The van der Waals surface area contributed by atoms with Crippen molar-refractivity contribution < 1.29 is 27.9 Å². The number of amides is 1. The van der Waals surface area contributed by atoms with Gasteiger partial charge in [-0.3, -0.25) is 14.3 Å². The molecular formula is C20H24F3N3O3. The van der Waals surface area contributed by atoms with Gasteiger partial charge in [0, 0.05) is 24.7 Å². The Morgan fingerprint density at radius 1 is 1.14 bits per heavy atom. The van der Waals surface area contributed by atoms with Crippen molar-refractivity contribution in [3.63, 3.8) is 0 Å². The Hall–Kier alpha value is -2.32. The van der Waals surface area contributed by atoms with E-state index in [0.29, 0.717) is 12.1 Å². The van der Waals surface area contributed by atoms with Crippen LogP contribution in [0.3, 0.4) is 0 Å². The van der Waals surface area contributed by atoms with E-state index >= 15 is 0 Å². The molecule has 9 heteroatoms. The van der Waals surface area contributed by atoms with Gasteiger partial charge in [-0.25, -0.2) is 0 Å². The Labute approximate surface area is 166 Å². The zero-order valence-corrected chi connectivity index (χ0v) is 15.9. The lowest BCUT2D eigenvalue weighted by atomic mass is 9.62. The number of halogens is 3. The number of allylic oxidation sites excluding steroid dienone is 2. The minimum atomic E-state index is -4.47. The van der Waals surface area contributed by atoms with E-state index in [4.69, 9.17) is 0 Å². The summed E-state index contributed by atoms with van der Waals surface area (Å²) in [6, 6.07) is 1.12. The number of fused-ring (bicyclic) bond motifs is 2. The third-order valence-electron chi connectivity index (χ3n) is 6.28. The molecule has 4 atom stereocenters. The molecular weight excluding hydrogens is 387 g/mol. The van der Waals surface area contributed by atoms with Gasteiger partial charge >= 0.3 is 12.1 Å². The summed E-state index contributed by atoms with van der Waals surface area (Å²) in [5.41, 5.74) is -0.276. The Morgan fingerprint density at radius 3 is 2.34 bits per heavy atom. The summed E-state index contributed by atoms with van der Waals surface area (Å²) >= 11 is 0. The summed E-state index contributed by atoms with van der Waals surface area (Å²) in [6.45, 7) is 0.551. The normalized spacial score (nSPS) is 28.5. The van der Waals surface area contributed by atoms with Crippen molar-refractivity contribution in [2.75, 3.05) is 6.54 Å². The van der Waals surface area contributed by atoms with Crippen LogP contribution in [0, 0.1) is 23.7 Å². The molecule has 158 valence electrons. The van der Waals surface area contributed by atoms with E-state index in [9.17, 15) is 27.9 Å². The molecule has 2 fully saturated rings. The second-order valence-electron chi connectivity index (χ2n) is 8.27. The Bertz CT molecular complexity index is 829. The van der Waals surface area contributed by atoms with E-state index in [2.05, 4.69) is 10.4 Å². The minimum absolute atomic E-state index is 0.0666. The molecule has 1 heterocycles. The fourth-order valence-electron chi connectivity index (χ4n) is 4.70. The highest BCUT2D eigenvalue weighted by Gasteiger charge is 2.48. The second-order valence-corrected chi connectivity index (χ2v) is 8.27. The van der Waals surface area contributed by atoms with Crippen molar-refractivity contribution in [2.45, 2.75) is 50.7 Å². The van der Waals surface area contributed by atoms with Gasteiger partial charge in [-0.15, -0.1) is 0 Å². The van der Waals surface area contributed by atoms with Crippen LogP contribution in [0.1, 0.15) is 49.4 Å². The van der Waals surface area contributed by atoms with Gasteiger partial charge in [0.1, 0.15) is 0 Å². The monoisotopic (exact) mass is 411 g/mol. The highest BCUT2D eigenvalue weighted by Crippen LogP contribution is 2.45. The molecule has 1 amide bonds. The first kappa shape index (κ1) is 20.0. The van der Waals surface area contributed by atoms with Crippen LogP contribution in [0.5, 0.6) is 0 Å². The number of aryl methyl sites for hydroxylation is 1. The highest BCUT2D eigenvalue weighted by molar-refractivity contribution is 5.86. The summed E-state index contributed by atoms with van der Waals surface area (Å²) in [7, 11) is 0. The van der Waals surface area contributed by atoms with Crippen molar-refractivity contribution >= 4 is 11.9 Å². The molecule has 1 aromatic heterocycles. The third-order valence-corrected chi connectivity index (χ3v) is 6.28. The van der Waals surface area contributed by atoms with E-state index in [1.165, 1.54) is 4.68 Å². The van der Waals surface area contributed by atoms with Gasteiger partial charge in [0.15, 0.2) is 5.69 Å². The van der Waals surface area contributed by atoms with Crippen LogP contribution in [0.2, 0.25) is 0 Å². The van der Waals surface area contributed by atoms with Crippen molar-refractivity contribution in [3.8, 4) is 0 Å². The molecule has 1 aromatic rings. The first-order valence-corrected chi connectivity index (χ1v) is 10.1. The molecule has 6 nitrogen and oxygen atoms in total. The number of carbonyl (C=O) groups excluding carboxylic acids is 1. The molecule has 0 unspecified atom stereocenters. The van der Waals surface area contributed by atoms with E-state index in [1.807, 2.05) is 12.2 Å². The summed E-state index contributed by atoms with van der Waals surface area (Å²) in [4.78, 5) is 24.3. The van der Waals surface area contributed by atoms with E-state index < -0.39 is 29.7 Å². The lowest BCUT2D eigenvalue weighted by Gasteiger charge is -2.41. The Morgan fingerprint density at radius 2 is 1.79 bits per heavy atom. The van der Waals surface area contributed by atoms with Gasteiger partial charge in [0.05, 0.1) is 11.8 Å². The maximum atomic E-state index is 13.0. The number of hydrogen-bond donors (Lipinski definition) is 2. The van der Waals surface area contributed by atoms with Gasteiger partial charge in [0.25, 0.3) is 0 Å². The van der Waals surface area contributed by atoms with Crippen molar-refractivity contribution in [1.82, 2.24) is 15.1 Å². The Balaban J connectivity index is 1.34. The molecule has 2 bridgehead atoms. The fourth-order valence-corrected chi connectivity index (χ4v) is 4.70. The number of aliphatic carboxylic acids is 1. The lowest BCUT2D eigenvalue weighted by molar-refractivity contribution is -0.153. The average molecular weight is 411 g/mol. The quantitative estimate of drug-likeness (QED) is 0.533. The number of carboxylic acid groups (broad SMARTS) is 1. The van der Waals surface area contributed by atoms with Crippen LogP contribution in [-0.2, 0) is 22.3 Å². The summed E-state index contributed by atoms with van der Waals surface area (Å²) < 4.78 is 40.3. The summed E-state index contributed by atoms with van der Waals surface area (Å²) in [5, 5.41) is 16.0. The van der Waals surface area contributed by atoms with Gasteiger partial charge in [-0.2, -0.15) is 18.3 Å². The molecule has 2 saturated carbocycles. The molecule has 0 radical (unpaired) electrons. The van der Waals surface area contributed by atoms with Crippen molar-refractivity contribution in [1.29, 1.82) is 0 Å². The van der Waals surface area contributed by atoms with E-state index in [1.54, 1.807) is 0 Å². The number of alkyl halides is 3. The van der Waals surface area contributed by atoms with E-state index in [0.717, 1.165) is 31.7 Å². The maximum Gasteiger partial charge on any atom is 0.435 e. The predicted octanol–water partition coefficient (Wildman–Crippen LogP) is 3.20. The van der Waals surface area contributed by atoms with Crippen molar-refractivity contribution in [2.24, 2.45) is 23.7 Å². The van der Waals surface area contributed by atoms with Gasteiger partial charge in [0.2, 0.25) is 5.91 Å². The van der Waals surface area contributed by atoms with Gasteiger partial charge in [-0.05, 0) is 50.0 Å². The lowest BCUT2D eigenvalue weighted by Crippen LogP contribution is -2.49. The number of nitrogens with one attached hydrogen (secondary N) is 1. The summed E-state index contributed by atoms with van der Waals surface area (Å²) in [5.74, 6) is -2.57. The number of carboxylic acids is 1. The fraction of sp³-hybridized carbons (Fsp3) is 0.650. The number of rotatable bonds is 7.